The number of hydrazine groups is 1. The molecule has 0 aromatic heterocycles. The van der Waals surface area contributed by atoms with Crippen LogP contribution >= 0.6 is 11.6 Å². The summed E-state index contributed by atoms with van der Waals surface area (Å²) in [7, 11) is 1.65. The quantitative estimate of drug-likeness (QED) is 0.847. The van der Waals surface area contributed by atoms with Gasteiger partial charge < -0.3 is 4.74 Å². The van der Waals surface area contributed by atoms with Gasteiger partial charge in [-0.3, -0.25) is 9.91 Å². The van der Waals surface area contributed by atoms with E-state index in [1.165, 1.54) is 0 Å². The molecule has 0 radical (unpaired) electrons. The second-order valence-electron chi connectivity index (χ2n) is 5.92. The van der Waals surface area contributed by atoms with Crippen molar-refractivity contribution >= 4 is 23.3 Å². The van der Waals surface area contributed by atoms with E-state index in [2.05, 4.69) is 5.01 Å². The predicted molar refractivity (Wildman–Crippen MR) is 93.1 cm³/mol. The molecule has 0 spiro atoms. The van der Waals surface area contributed by atoms with Crippen LogP contribution in [0.5, 0.6) is 5.75 Å². The van der Waals surface area contributed by atoms with Crippen molar-refractivity contribution in [3.8, 4) is 5.75 Å². The fourth-order valence-electron chi connectivity index (χ4n) is 3.45. The lowest BCUT2D eigenvalue weighted by molar-refractivity contribution is 0.0727. The average Bonchev–Trinajstić information content (AvgIpc) is 3.17. The van der Waals surface area contributed by atoms with Crippen molar-refractivity contribution in [2.75, 3.05) is 25.1 Å². The van der Waals surface area contributed by atoms with Crippen LogP contribution in [0.4, 0.5) is 10.5 Å². The molecule has 0 aliphatic carbocycles. The SMILES string of the molecule is COc1cccc([C@@H]2N(c3cccc(Cl)c3)C(=O)N3CCCN23)c1. The fourth-order valence-corrected chi connectivity index (χ4v) is 3.64. The van der Waals surface area contributed by atoms with E-state index in [9.17, 15) is 4.79 Å². The third-order valence-corrected chi connectivity index (χ3v) is 4.73. The summed E-state index contributed by atoms with van der Waals surface area (Å²) in [6.07, 6.45) is 0.795. The minimum absolute atomic E-state index is 0.0115. The van der Waals surface area contributed by atoms with Gasteiger partial charge in [0.05, 0.1) is 7.11 Å². The number of benzene rings is 2. The molecule has 2 amide bonds. The van der Waals surface area contributed by atoms with E-state index in [1.54, 1.807) is 12.0 Å². The minimum Gasteiger partial charge on any atom is -0.497 e. The first-order valence-corrected chi connectivity index (χ1v) is 8.33. The molecular weight excluding hydrogens is 326 g/mol. The van der Waals surface area contributed by atoms with E-state index in [0.717, 1.165) is 36.5 Å². The summed E-state index contributed by atoms with van der Waals surface area (Å²) in [5.41, 5.74) is 1.82. The average molecular weight is 344 g/mol. The first-order chi connectivity index (χ1) is 11.7. The smallest absolute Gasteiger partial charge is 0.340 e. The summed E-state index contributed by atoms with van der Waals surface area (Å²) in [5, 5.41) is 4.56. The lowest BCUT2D eigenvalue weighted by Gasteiger charge is -2.28. The Bertz CT molecular complexity index is 782. The van der Waals surface area contributed by atoms with Crippen LogP contribution in [0.25, 0.3) is 0 Å². The third-order valence-electron chi connectivity index (χ3n) is 4.50. The van der Waals surface area contributed by atoms with Gasteiger partial charge in [0.25, 0.3) is 0 Å². The van der Waals surface area contributed by atoms with Gasteiger partial charge in [-0.2, -0.15) is 5.01 Å². The summed E-state index contributed by atoms with van der Waals surface area (Å²) >= 11 is 6.15. The molecule has 2 heterocycles. The fraction of sp³-hybridized carbons (Fsp3) is 0.278. The number of rotatable bonds is 3. The zero-order chi connectivity index (χ0) is 16.7. The lowest BCUT2D eigenvalue weighted by atomic mass is 10.1. The normalized spacial score (nSPS) is 20.6. The number of ether oxygens (including phenoxy) is 1. The molecule has 5 nitrogen and oxygen atoms in total. The molecule has 124 valence electrons. The van der Waals surface area contributed by atoms with Gasteiger partial charge >= 0.3 is 6.03 Å². The Hall–Kier alpha value is -2.24. The van der Waals surface area contributed by atoms with Gasteiger partial charge in [-0.25, -0.2) is 4.79 Å². The number of fused-ring (bicyclic) bond motifs is 1. The van der Waals surface area contributed by atoms with Gasteiger partial charge in [-0.1, -0.05) is 29.8 Å². The molecule has 24 heavy (non-hydrogen) atoms. The predicted octanol–water partition coefficient (Wildman–Crippen LogP) is 3.91. The number of hydrogen-bond donors (Lipinski definition) is 0. The Morgan fingerprint density at radius 3 is 2.75 bits per heavy atom. The Morgan fingerprint density at radius 2 is 1.96 bits per heavy atom. The maximum absolute atomic E-state index is 13.0. The second-order valence-corrected chi connectivity index (χ2v) is 6.36. The number of nitrogens with zero attached hydrogens (tertiary/aromatic N) is 3. The van der Waals surface area contributed by atoms with E-state index in [1.807, 2.05) is 53.5 Å². The number of methoxy groups -OCH3 is 1. The molecule has 2 saturated heterocycles. The molecule has 1 atom stereocenters. The number of hydrogen-bond acceptors (Lipinski definition) is 3. The summed E-state index contributed by atoms with van der Waals surface area (Å²) in [6, 6.07) is 15.3. The molecule has 2 aromatic carbocycles. The van der Waals surface area contributed by atoms with Crippen LogP contribution in [-0.2, 0) is 0 Å². The summed E-state index contributed by atoms with van der Waals surface area (Å²) in [6.45, 7) is 1.60. The van der Waals surface area contributed by atoms with Crippen molar-refractivity contribution in [3.63, 3.8) is 0 Å². The Labute approximate surface area is 145 Å². The first-order valence-electron chi connectivity index (χ1n) is 7.96. The van der Waals surface area contributed by atoms with Gasteiger partial charge in [0.2, 0.25) is 0 Å². The van der Waals surface area contributed by atoms with Crippen LogP contribution in [-0.4, -0.2) is 36.2 Å². The van der Waals surface area contributed by atoms with E-state index < -0.39 is 0 Å². The number of carbonyl (C=O) groups is 1. The maximum Gasteiger partial charge on any atom is 0.340 e. The van der Waals surface area contributed by atoms with Gasteiger partial charge in [-0.15, -0.1) is 0 Å². The van der Waals surface area contributed by atoms with Crippen molar-refractivity contribution in [1.82, 2.24) is 10.0 Å². The Morgan fingerprint density at radius 1 is 1.12 bits per heavy atom. The van der Waals surface area contributed by atoms with Crippen LogP contribution in [0.2, 0.25) is 5.02 Å². The number of anilines is 1. The van der Waals surface area contributed by atoms with Crippen molar-refractivity contribution in [3.05, 3.63) is 59.1 Å². The highest BCUT2D eigenvalue weighted by molar-refractivity contribution is 6.30. The molecule has 0 N–H and O–H groups in total. The van der Waals surface area contributed by atoms with Crippen molar-refractivity contribution in [2.45, 2.75) is 12.6 Å². The molecule has 6 heteroatoms. The third kappa shape index (κ3) is 2.41. The topological polar surface area (TPSA) is 36.0 Å². The number of amides is 2. The molecule has 4 rings (SSSR count). The zero-order valence-corrected chi connectivity index (χ0v) is 14.1. The Kier molecular flexibility index (Phi) is 3.82. The molecule has 0 bridgehead atoms. The molecule has 2 fully saturated rings. The number of urea groups is 1. The molecule has 2 aromatic rings. The van der Waals surface area contributed by atoms with Gasteiger partial charge in [0.1, 0.15) is 11.9 Å². The highest BCUT2D eigenvalue weighted by Gasteiger charge is 2.47. The van der Waals surface area contributed by atoms with Crippen molar-refractivity contribution in [2.24, 2.45) is 0 Å². The highest BCUT2D eigenvalue weighted by atomic mass is 35.5. The van der Waals surface area contributed by atoms with Gasteiger partial charge in [-0.05, 0) is 42.3 Å². The summed E-state index contributed by atoms with van der Waals surface area (Å²) < 4.78 is 5.36. The van der Waals surface area contributed by atoms with Crippen LogP contribution in [0, 0.1) is 0 Å². The van der Waals surface area contributed by atoms with E-state index in [4.69, 9.17) is 16.3 Å². The minimum atomic E-state index is -0.187. The van der Waals surface area contributed by atoms with Crippen molar-refractivity contribution in [1.29, 1.82) is 0 Å². The highest BCUT2D eigenvalue weighted by Crippen LogP contribution is 2.41. The molecule has 2 aliphatic rings. The second kappa shape index (κ2) is 6.00. The molecule has 2 aliphatic heterocycles. The number of carbonyl (C=O) groups excluding carboxylic acids is 1. The van der Waals surface area contributed by atoms with Gasteiger partial charge in [0, 0.05) is 23.8 Å². The van der Waals surface area contributed by atoms with Crippen molar-refractivity contribution < 1.29 is 9.53 Å². The van der Waals surface area contributed by atoms with Crippen LogP contribution in [0.15, 0.2) is 48.5 Å². The maximum atomic E-state index is 13.0. The summed E-state index contributed by atoms with van der Waals surface area (Å²) in [4.78, 5) is 14.8. The standard InChI is InChI=1S/C18H18ClN3O2/c1-24-16-8-2-5-13(11-16)17-20-9-4-10-21(20)18(23)22(17)15-7-3-6-14(19)12-15/h2-3,5-8,11-12,17H,4,9-10H2,1H3/t17-/m0/s1. The van der Waals surface area contributed by atoms with Crippen LogP contribution < -0.4 is 9.64 Å². The number of halogens is 1. The molecule has 0 saturated carbocycles. The summed E-state index contributed by atoms with van der Waals surface area (Å²) in [5.74, 6) is 0.781. The molecule has 0 unspecified atom stereocenters. The lowest BCUT2D eigenvalue weighted by Crippen LogP contribution is -2.32. The zero-order valence-electron chi connectivity index (χ0n) is 13.4. The van der Waals surface area contributed by atoms with Crippen LogP contribution in [0.1, 0.15) is 18.2 Å². The largest absolute Gasteiger partial charge is 0.497 e. The first kappa shape index (κ1) is 15.3. The molecular formula is C18H18ClN3O2. The Balaban J connectivity index is 1.81. The monoisotopic (exact) mass is 343 g/mol. The van der Waals surface area contributed by atoms with E-state index >= 15 is 0 Å². The van der Waals surface area contributed by atoms with E-state index in [-0.39, 0.29) is 12.2 Å². The van der Waals surface area contributed by atoms with Crippen LogP contribution in [0.3, 0.4) is 0 Å². The van der Waals surface area contributed by atoms with Gasteiger partial charge in [0.15, 0.2) is 0 Å². The van der Waals surface area contributed by atoms with E-state index in [0.29, 0.717) is 5.02 Å².